The highest BCUT2D eigenvalue weighted by Crippen LogP contribution is 2.22. The minimum atomic E-state index is 0.441. The van der Waals surface area contributed by atoms with Gasteiger partial charge in [0.05, 0.1) is 11.0 Å². The number of nitrogens with zero attached hydrogens (tertiary/aromatic N) is 2. The molecule has 19 heavy (non-hydrogen) atoms. The van der Waals surface area contributed by atoms with Crippen LogP contribution in [0.25, 0.3) is 11.0 Å². The van der Waals surface area contributed by atoms with Crippen LogP contribution in [0.2, 0.25) is 0 Å². The average molecular weight is 259 g/mol. The number of hydrogen-bond acceptors (Lipinski definition) is 2. The van der Waals surface area contributed by atoms with Crippen LogP contribution in [0.15, 0.2) is 18.2 Å². The molecule has 3 heteroatoms. The van der Waals surface area contributed by atoms with Crippen molar-refractivity contribution in [2.45, 2.75) is 53.1 Å². The topological polar surface area (TPSA) is 29.9 Å². The summed E-state index contributed by atoms with van der Waals surface area (Å²) in [5.74, 6) is 1.18. The number of likely N-dealkylation sites (N-methyl/N-ethyl adjacent to an activating group) is 1. The summed E-state index contributed by atoms with van der Waals surface area (Å²) in [6.45, 7) is 11.9. The zero-order valence-corrected chi connectivity index (χ0v) is 12.7. The van der Waals surface area contributed by atoms with Crippen LogP contribution in [-0.4, -0.2) is 22.1 Å². The molecule has 3 nitrogen and oxygen atoms in total. The molecule has 1 unspecified atom stereocenters. The van der Waals surface area contributed by atoms with Gasteiger partial charge in [-0.05, 0) is 51.9 Å². The maximum absolute atomic E-state index is 4.84. The summed E-state index contributed by atoms with van der Waals surface area (Å²) in [7, 11) is 0. The van der Waals surface area contributed by atoms with Gasteiger partial charge in [0, 0.05) is 18.5 Å². The van der Waals surface area contributed by atoms with E-state index >= 15 is 0 Å². The van der Waals surface area contributed by atoms with Crippen LogP contribution in [0.5, 0.6) is 0 Å². The predicted molar refractivity (Wildman–Crippen MR) is 81.7 cm³/mol. The van der Waals surface area contributed by atoms with E-state index in [0.29, 0.717) is 12.1 Å². The SMILES string of the molecule is CCNC(C)Cc1nc2cc(C)ccc2n1C(C)C. The number of aryl methyl sites for hydroxylation is 1. The van der Waals surface area contributed by atoms with Crippen molar-refractivity contribution in [2.24, 2.45) is 0 Å². The highest BCUT2D eigenvalue weighted by Gasteiger charge is 2.15. The number of rotatable bonds is 5. The fourth-order valence-electron chi connectivity index (χ4n) is 2.67. The molecule has 1 N–H and O–H groups in total. The largest absolute Gasteiger partial charge is 0.325 e. The maximum atomic E-state index is 4.84. The normalized spacial score (nSPS) is 13.4. The Morgan fingerprint density at radius 1 is 1.26 bits per heavy atom. The molecule has 1 aromatic carbocycles. The minimum absolute atomic E-state index is 0.441. The first kappa shape index (κ1) is 14.1. The van der Waals surface area contributed by atoms with Crippen molar-refractivity contribution in [1.29, 1.82) is 0 Å². The fraction of sp³-hybridized carbons (Fsp3) is 0.562. The Labute approximate surface area is 116 Å². The monoisotopic (exact) mass is 259 g/mol. The van der Waals surface area contributed by atoms with Gasteiger partial charge in [-0.25, -0.2) is 4.98 Å². The third-order valence-corrected chi connectivity index (χ3v) is 3.48. The Morgan fingerprint density at radius 2 is 2.00 bits per heavy atom. The Bertz CT molecular complexity index is 554. The van der Waals surface area contributed by atoms with E-state index < -0.39 is 0 Å². The lowest BCUT2D eigenvalue weighted by atomic mass is 10.2. The van der Waals surface area contributed by atoms with Gasteiger partial charge < -0.3 is 9.88 Å². The van der Waals surface area contributed by atoms with Gasteiger partial charge in [-0.1, -0.05) is 13.0 Å². The average Bonchev–Trinajstić information content (AvgIpc) is 2.65. The lowest BCUT2D eigenvalue weighted by Crippen LogP contribution is -2.29. The summed E-state index contributed by atoms with van der Waals surface area (Å²) in [6.07, 6.45) is 0.972. The molecule has 1 aromatic heterocycles. The van der Waals surface area contributed by atoms with Crippen LogP contribution in [0.4, 0.5) is 0 Å². The molecule has 2 rings (SSSR count). The van der Waals surface area contributed by atoms with E-state index in [2.05, 4.69) is 62.7 Å². The summed E-state index contributed by atoms with van der Waals surface area (Å²) in [5, 5.41) is 3.46. The van der Waals surface area contributed by atoms with Crippen LogP contribution in [0.3, 0.4) is 0 Å². The van der Waals surface area contributed by atoms with Crippen LogP contribution >= 0.6 is 0 Å². The van der Waals surface area contributed by atoms with Gasteiger partial charge in [0.2, 0.25) is 0 Å². The molecule has 0 bridgehead atoms. The summed E-state index contributed by atoms with van der Waals surface area (Å²) >= 11 is 0. The lowest BCUT2D eigenvalue weighted by Gasteiger charge is -2.16. The van der Waals surface area contributed by atoms with Crippen LogP contribution in [-0.2, 0) is 6.42 Å². The third kappa shape index (κ3) is 2.98. The summed E-state index contributed by atoms with van der Waals surface area (Å²) in [4.78, 5) is 4.84. The Morgan fingerprint density at radius 3 is 2.63 bits per heavy atom. The Balaban J connectivity index is 2.44. The van der Waals surface area contributed by atoms with E-state index in [1.165, 1.54) is 16.9 Å². The second-order valence-electron chi connectivity index (χ2n) is 5.65. The second-order valence-corrected chi connectivity index (χ2v) is 5.65. The van der Waals surface area contributed by atoms with Crippen molar-refractivity contribution in [3.63, 3.8) is 0 Å². The quantitative estimate of drug-likeness (QED) is 0.891. The van der Waals surface area contributed by atoms with Gasteiger partial charge in [0.25, 0.3) is 0 Å². The van der Waals surface area contributed by atoms with E-state index in [-0.39, 0.29) is 0 Å². The predicted octanol–water partition coefficient (Wildman–Crippen LogP) is 3.47. The van der Waals surface area contributed by atoms with Gasteiger partial charge in [0.15, 0.2) is 0 Å². The molecule has 0 spiro atoms. The first-order valence-corrected chi connectivity index (χ1v) is 7.23. The molecular formula is C16H25N3. The summed E-state index contributed by atoms with van der Waals surface area (Å²) < 4.78 is 2.36. The first-order chi connectivity index (χ1) is 9.02. The van der Waals surface area contributed by atoms with Gasteiger partial charge >= 0.3 is 0 Å². The van der Waals surface area contributed by atoms with Crippen LogP contribution < -0.4 is 5.32 Å². The highest BCUT2D eigenvalue weighted by molar-refractivity contribution is 5.77. The number of aromatic nitrogens is 2. The fourth-order valence-corrected chi connectivity index (χ4v) is 2.67. The van der Waals surface area contributed by atoms with Crippen molar-refractivity contribution in [3.8, 4) is 0 Å². The van der Waals surface area contributed by atoms with Crippen molar-refractivity contribution in [2.75, 3.05) is 6.54 Å². The minimum Gasteiger partial charge on any atom is -0.325 e. The van der Waals surface area contributed by atoms with E-state index in [0.717, 1.165) is 18.5 Å². The number of imidazole rings is 1. The Kier molecular flexibility index (Phi) is 4.25. The van der Waals surface area contributed by atoms with E-state index in [4.69, 9.17) is 4.98 Å². The zero-order chi connectivity index (χ0) is 14.0. The molecule has 1 heterocycles. The van der Waals surface area contributed by atoms with E-state index in [1.54, 1.807) is 0 Å². The van der Waals surface area contributed by atoms with Crippen molar-refractivity contribution >= 4 is 11.0 Å². The summed E-state index contributed by atoms with van der Waals surface area (Å²) in [5.41, 5.74) is 3.64. The zero-order valence-electron chi connectivity index (χ0n) is 12.7. The molecule has 0 saturated carbocycles. The first-order valence-electron chi connectivity index (χ1n) is 7.23. The molecule has 0 aliphatic rings. The van der Waals surface area contributed by atoms with Gasteiger partial charge in [0.1, 0.15) is 5.82 Å². The van der Waals surface area contributed by atoms with E-state index in [9.17, 15) is 0 Å². The number of fused-ring (bicyclic) bond motifs is 1. The van der Waals surface area contributed by atoms with Crippen molar-refractivity contribution in [3.05, 3.63) is 29.6 Å². The molecule has 0 aliphatic carbocycles. The van der Waals surface area contributed by atoms with Crippen molar-refractivity contribution < 1.29 is 0 Å². The molecule has 0 aliphatic heterocycles. The standard InChI is InChI=1S/C16H25N3/c1-6-17-13(5)10-16-18-14-9-12(4)7-8-15(14)19(16)11(2)3/h7-9,11,13,17H,6,10H2,1-5H3. The molecule has 2 aromatic rings. The molecule has 0 amide bonds. The van der Waals surface area contributed by atoms with Crippen molar-refractivity contribution in [1.82, 2.24) is 14.9 Å². The number of hydrogen-bond donors (Lipinski definition) is 1. The molecule has 104 valence electrons. The van der Waals surface area contributed by atoms with Gasteiger partial charge in [-0.3, -0.25) is 0 Å². The summed E-state index contributed by atoms with van der Waals surface area (Å²) in [6, 6.07) is 7.44. The van der Waals surface area contributed by atoms with Gasteiger partial charge in [-0.2, -0.15) is 0 Å². The molecule has 0 saturated heterocycles. The van der Waals surface area contributed by atoms with E-state index in [1.807, 2.05) is 0 Å². The molecular weight excluding hydrogens is 234 g/mol. The highest BCUT2D eigenvalue weighted by atomic mass is 15.1. The lowest BCUT2D eigenvalue weighted by molar-refractivity contribution is 0.515. The maximum Gasteiger partial charge on any atom is 0.111 e. The number of benzene rings is 1. The van der Waals surface area contributed by atoms with Gasteiger partial charge in [-0.15, -0.1) is 0 Å². The molecule has 1 atom stereocenters. The molecule has 0 fully saturated rings. The second kappa shape index (κ2) is 5.74. The Hall–Kier alpha value is -1.35. The van der Waals surface area contributed by atoms with Crippen LogP contribution in [0, 0.1) is 6.92 Å². The smallest absolute Gasteiger partial charge is 0.111 e. The van der Waals surface area contributed by atoms with Crippen LogP contribution in [0.1, 0.15) is 45.1 Å². The molecule has 0 radical (unpaired) electrons. The third-order valence-electron chi connectivity index (χ3n) is 3.48. The number of nitrogens with one attached hydrogen (secondary N) is 1.